The van der Waals surface area contributed by atoms with Gasteiger partial charge in [0, 0.05) is 24.0 Å². The summed E-state index contributed by atoms with van der Waals surface area (Å²) in [6, 6.07) is 0. The molecule has 7 atom stereocenters. The van der Waals surface area contributed by atoms with Crippen molar-refractivity contribution in [3.05, 3.63) is 36.0 Å². The van der Waals surface area contributed by atoms with Gasteiger partial charge in [-0.25, -0.2) is 0 Å². The number of carbonyl (C=O) groups excluding carboxylic acids is 1. The van der Waals surface area contributed by atoms with Crippen molar-refractivity contribution >= 4 is 5.78 Å². The second-order valence-corrected chi connectivity index (χ2v) is 10.2. The topological polar surface area (TPSA) is 52.3 Å². The summed E-state index contributed by atoms with van der Waals surface area (Å²) in [5, 5.41) is 0. The Kier molecular flexibility index (Phi) is 6.06. The van der Waals surface area contributed by atoms with Crippen molar-refractivity contribution in [1.29, 1.82) is 0 Å². The van der Waals surface area contributed by atoms with Crippen LogP contribution >= 0.6 is 0 Å². The number of hydrogen-bond acceptors (Lipinski definition) is 3. The molecule has 162 valence electrons. The minimum Gasteiger partial charge on any atom is -0.377 e. The Bertz CT molecular complexity index is 737. The summed E-state index contributed by atoms with van der Waals surface area (Å²) in [5.74, 6) is 1.58. The molecule has 3 heteroatoms. The molecule has 0 spiro atoms. The lowest BCUT2D eigenvalue weighted by atomic mass is 9.44. The maximum atomic E-state index is 12.9. The highest BCUT2D eigenvalue weighted by Gasteiger charge is 2.66. The van der Waals surface area contributed by atoms with Crippen LogP contribution < -0.4 is 5.73 Å². The van der Waals surface area contributed by atoms with Gasteiger partial charge in [-0.05, 0) is 60.8 Å². The summed E-state index contributed by atoms with van der Waals surface area (Å²) in [6.07, 6.45) is 12.1. The normalized spacial score (nSPS) is 45.3. The highest BCUT2D eigenvalue weighted by molar-refractivity contribution is 5.83. The largest absolute Gasteiger partial charge is 0.377 e. The Morgan fingerprint density at radius 2 is 1.97 bits per heavy atom. The number of hydrogen-bond donors (Lipinski definition) is 1. The van der Waals surface area contributed by atoms with E-state index in [0.717, 1.165) is 37.7 Å². The predicted octanol–water partition coefficient (Wildman–Crippen LogP) is 5.47. The number of allylic oxidation sites excluding steroid dienone is 5. The lowest BCUT2D eigenvalue weighted by Crippen LogP contribution is -2.66. The van der Waals surface area contributed by atoms with Gasteiger partial charge in [0.15, 0.2) is 5.78 Å². The van der Waals surface area contributed by atoms with Gasteiger partial charge in [-0.15, -0.1) is 0 Å². The van der Waals surface area contributed by atoms with Crippen LogP contribution in [0.5, 0.6) is 0 Å². The first-order valence-electron chi connectivity index (χ1n) is 11.6. The highest BCUT2D eigenvalue weighted by Crippen LogP contribution is 2.68. The zero-order valence-electron chi connectivity index (χ0n) is 19.4. The first-order valence-corrected chi connectivity index (χ1v) is 11.6. The summed E-state index contributed by atoms with van der Waals surface area (Å²) in [5.41, 5.74) is 9.78. The molecule has 0 aliphatic heterocycles. The number of ketones is 1. The molecule has 7 unspecified atom stereocenters. The molecule has 29 heavy (non-hydrogen) atoms. The summed E-state index contributed by atoms with van der Waals surface area (Å²) in [7, 11) is 1.62. The molecule has 0 heterocycles. The lowest BCUT2D eigenvalue weighted by Gasteiger charge is -2.62. The third-order valence-corrected chi connectivity index (χ3v) is 8.83. The van der Waals surface area contributed by atoms with E-state index in [2.05, 4.69) is 45.6 Å². The molecule has 4 rings (SSSR count). The SMILES string of the molecule is C=C1C=CC2(C)C(=C1)CCC1(N)C2CCC2(C)C(C(=O)COC)C(C)CC21.CC. The van der Waals surface area contributed by atoms with E-state index in [4.69, 9.17) is 10.5 Å². The summed E-state index contributed by atoms with van der Waals surface area (Å²) in [4.78, 5) is 12.9. The van der Waals surface area contributed by atoms with E-state index in [-0.39, 0.29) is 34.7 Å². The molecule has 3 fully saturated rings. The molecule has 0 bridgehead atoms. The van der Waals surface area contributed by atoms with Crippen LogP contribution in [0.4, 0.5) is 0 Å². The van der Waals surface area contributed by atoms with Gasteiger partial charge in [0.1, 0.15) is 6.61 Å². The van der Waals surface area contributed by atoms with Crippen molar-refractivity contribution in [3.8, 4) is 0 Å². The molecule has 3 saturated carbocycles. The van der Waals surface area contributed by atoms with E-state index in [1.807, 2.05) is 13.8 Å². The Balaban J connectivity index is 0.00000117. The maximum absolute atomic E-state index is 12.9. The van der Waals surface area contributed by atoms with Gasteiger partial charge in [0.25, 0.3) is 0 Å². The fourth-order valence-electron chi connectivity index (χ4n) is 7.74. The van der Waals surface area contributed by atoms with Crippen molar-refractivity contribution < 1.29 is 9.53 Å². The first-order chi connectivity index (χ1) is 13.7. The number of methoxy groups -OCH3 is 1. The van der Waals surface area contributed by atoms with Crippen LogP contribution in [0.15, 0.2) is 36.0 Å². The van der Waals surface area contributed by atoms with Gasteiger partial charge in [0.2, 0.25) is 0 Å². The summed E-state index contributed by atoms with van der Waals surface area (Å²) in [6.45, 7) is 15.3. The van der Waals surface area contributed by atoms with Gasteiger partial charge >= 0.3 is 0 Å². The van der Waals surface area contributed by atoms with E-state index in [9.17, 15) is 4.79 Å². The van der Waals surface area contributed by atoms with Gasteiger partial charge in [-0.2, -0.15) is 0 Å². The molecule has 0 aromatic heterocycles. The van der Waals surface area contributed by atoms with Crippen LogP contribution in [0.2, 0.25) is 0 Å². The van der Waals surface area contributed by atoms with Crippen molar-refractivity contribution in [3.63, 3.8) is 0 Å². The van der Waals surface area contributed by atoms with Crippen molar-refractivity contribution in [2.24, 2.45) is 40.2 Å². The molecule has 0 aromatic carbocycles. The molecular weight excluding hydrogens is 358 g/mol. The zero-order valence-corrected chi connectivity index (χ0v) is 19.4. The van der Waals surface area contributed by atoms with E-state index in [1.165, 1.54) is 5.57 Å². The first kappa shape index (κ1) is 22.5. The Morgan fingerprint density at radius 3 is 2.62 bits per heavy atom. The van der Waals surface area contributed by atoms with E-state index < -0.39 is 0 Å². The minimum absolute atomic E-state index is 0.000163. The van der Waals surface area contributed by atoms with Crippen LogP contribution in [-0.2, 0) is 9.53 Å². The quantitative estimate of drug-likeness (QED) is 0.685. The van der Waals surface area contributed by atoms with Gasteiger partial charge < -0.3 is 10.5 Å². The van der Waals surface area contributed by atoms with Crippen LogP contribution in [0.25, 0.3) is 0 Å². The fourth-order valence-corrected chi connectivity index (χ4v) is 7.74. The third kappa shape index (κ3) is 3.20. The smallest absolute Gasteiger partial charge is 0.162 e. The molecular formula is C26H41NO2. The number of nitrogens with two attached hydrogens (primary N) is 1. The molecule has 4 aliphatic carbocycles. The minimum atomic E-state index is -0.196. The number of Topliss-reactive ketones (excluding diaryl/α,β-unsaturated/α-hetero) is 1. The van der Waals surface area contributed by atoms with Crippen LogP contribution in [0.3, 0.4) is 0 Å². The van der Waals surface area contributed by atoms with Gasteiger partial charge in [-0.1, -0.05) is 65.0 Å². The molecule has 0 radical (unpaired) electrons. The van der Waals surface area contributed by atoms with Gasteiger partial charge in [-0.3, -0.25) is 4.79 Å². The van der Waals surface area contributed by atoms with E-state index in [0.29, 0.717) is 17.8 Å². The van der Waals surface area contributed by atoms with E-state index >= 15 is 0 Å². The van der Waals surface area contributed by atoms with Crippen LogP contribution in [-0.4, -0.2) is 25.0 Å². The standard InChI is InChI=1S/C24H35NO2.C2H6/c1-15-6-9-22(3)17(12-15)7-11-24(25)19(22)8-10-23(4)20(24)13-16(2)21(23)18(26)14-27-5;1-2/h6,9,12,16,19-21H,1,7-8,10-11,13-14,25H2,2-5H3;1-2H3. The number of rotatable bonds is 3. The second kappa shape index (κ2) is 7.81. The number of carbonyl (C=O) groups is 1. The maximum Gasteiger partial charge on any atom is 0.162 e. The molecule has 3 nitrogen and oxygen atoms in total. The molecule has 0 aromatic rings. The zero-order chi connectivity index (χ0) is 21.6. The molecule has 0 amide bonds. The molecule has 2 N–H and O–H groups in total. The van der Waals surface area contributed by atoms with Gasteiger partial charge in [0.05, 0.1) is 0 Å². The molecule has 0 saturated heterocycles. The van der Waals surface area contributed by atoms with E-state index in [1.54, 1.807) is 7.11 Å². The average molecular weight is 400 g/mol. The van der Waals surface area contributed by atoms with Crippen LogP contribution in [0, 0.1) is 34.5 Å². The number of ether oxygens (including phenoxy) is 1. The fraction of sp³-hybridized carbons (Fsp3) is 0.731. The Hall–Kier alpha value is -1.19. The van der Waals surface area contributed by atoms with Crippen molar-refractivity contribution in [2.75, 3.05) is 13.7 Å². The third-order valence-electron chi connectivity index (χ3n) is 8.83. The number of fused-ring (bicyclic) bond motifs is 5. The summed E-state index contributed by atoms with van der Waals surface area (Å²) < 4.78 is 5.21. The lowest BCUT2D eigenvalue weighted by molar-refractivity contribution is -0.135. The summed E-state index contributed by atoms with van der Waals surface area (Å²) >= 11 is 0. The van der Waals surface area contributed by atoms with Crippen molar-refractivity contribution in [1.82, 2.24) is 0 Å². The Labute approximate surface area is 177 Å². The second-order valence-electron chi connectivity index (χ2n) is 10.2. The van der Waals surface area contributed by atoms with Crippen molar-refractivity contribution in [2.45, 2.75) is 72.3 Å². The van der Waals surface area contributed by atoms with Crippen LogP contribution in [0.1, 0.15) is 66.7 Å². The monoisotopic (exact) mass is 399 g/mol. The Morgan fingerprint density at radius 1 is 1.28 bits per heavy atom. The average Bonchev–Trinajstić information content (AvgIpc) is 2.96. The predicted molar refractivity (Wildman–Crippen MR) is 120 cm³/mol. The molecule has 4 aliphatic rings. The highest BCUT2D eigenvalue weighted by atomic mass is 16.5.